The Hall–Kier alpha value is -2.04. The first-order valence-electron chi connectivity index (χ1n) is 7.55. The molecule has 0 aromatic heterocycles. The Morgan fingerprint density at radius 1 is 1.27 bits per heavy atom. The van der Waals surface area contributed by atoms with Gasteiger partial charge in [-0.1, -0.05) is 30.3 Å². The van der Waals surface area contributed by atoms with Crippen molar-refractivity contribution < 1.29 is 14.3 Å². The normalized spacial score (nSPS) is 22.4. The van der Waals surface area contributed by atoms with E-state index >= 15 is 0 Å². The number of likely N-dealkylation sites (N-methyl/N-ethyl adjacent to an activating group) is 1. The van der Waals surface area contributed by atoms with E-state index < -0.39 is 17.7 Å². The second-order valence-corrected chi connectivity index (χ2v) is 6.76. The predicted octanol–water partition coefficient (Wildman–Crippen LogP) is 2.53. The summed E-state index contributed by atoms with van der Waals surface area (Å²) in [5.41, 5.74) is 0.602. The molecule has 120 valence electrons. The number of ether oxygens (including phenoxy) is 1. The van der Waals surface area contributed by atoms with Crippen LogP contribution < -0.4 is 5.32 Å². The summed E-state index contributed by atoms with van der Waals surface area (Å²) in [6.07, 6.45) is 0.0415. The molecule has 1 aliphatic heterocycles. The summed E-state index contributed by atoms with van der Waals surface area (Å²) in [5.74, 6) is 0.141. The van der Waals surface area contributed by atoms with E-state index in [9.17, 15) is 9.59 Å². The molecule has 1 heterocycles. The SMILES string of the molecule is CN1C[C@H](c2ccccc2)C[C@H](NC(=O)OC(C)(C)C)C1=O. The monoisotopic (exact) mass is 304 g/mol. The minimum absolute atomic E-state index is 0.0713. The van der Waals surface area contributed by atoms with Crippen LogP contribution in [-0.4, -0.2) is 42.1 Å². The van der Waals surface area contributed by atoms with E-state index in [0.29, 0.717) is 13.0 Å². The van der Waals surface area contributed by atoms with Crippen molar-refractivity contribution in [2.45, 2.75) is 44.8 Å². The van der Waals surface area contributed by atoms with Crippen LogP contribution >= 0.6 is 0 Å². The number of carbonyl (C=O) groups is 2. The van der Waals surface area contributed by atoms with Crippen LogP contribution in [0.25, 0.3) is 0 Å². The fourth-order valence-corrected chi connectivity index (χ4v) is 2.68. The van der Waals surface area contributed by atoms with E-state index in [2.05, 4.69) is 17.4 Å². The van der Waals surface area contributed by atoms with Crippen LogP contribution in [0.3, 0.4) is 0 Å². The molecule has 0 bridgehead atoms. The molecule has 0 aliphatic carbocycles. The van der Waals surface area contributed by atoms with E-state index in [1.54, 1.807) is 32.7 Å². The molecule has 1 N–H and O–H groups in total. The molecule has 1 aliphatic rings. The standard InChI is InChI=1S/C17H24N2O3/c1-17(2,3)22-16(21)18-14-10-13(11-19(4)15(14)20)12-8-6-5-7-9-12/h5-9,13-14H,10-11H2,1-4H3,(H,18,21)/t13-,14+/m1/s1. The Balaban J connectivity index is 2.06. The summed E-state index contributed by atoms with van der Waals surface area (Å²) in [6.45, 7) is 6.06. The smallest absolute Gasteiger partial charge is 0.408 e. The molecule has 5 heteroatoms. The van der Waals surface area contributed by atoms with Crippen molar-refractivity contribution in [3.05, 3.63) is 35.9 Å². The van der Waals surface area contributed by atoms with Gasteiger partial charge in [0.2, 0.25) is 5.91 Å². The quantitative estimate of drug-likeness (QED) is 0.913. The zero-order chi connectivity index (χ0) is 16.3. The molecule has 0 unspecified atom stereocenters. The molecule has 22 heavy (non-hydrogen) atoms. The molecule has 1 saturated heterocycles. The highest BCUT2D eigenvalue weighted by atomic mass is 16.6. The van der Waals surface area contributed by atoms with Crippen LogP contribution in [0.4, 0.5) is 4.79 Å². The van der Waals surface area contributed by atoms with E-state index in [4.69, 9.17) is 4.74 Å². The van der Waals surface area contributed by atoms with Crippen LogP contribution in [-0.2, 0) is 9.53 Å². The van der Waals surface area contributed by atoms with Crippen LogP contribution in [0.2, 0.25) is 0 Å². The molecule has 2 atom stereocenters. The number of nitrogens with one attached hydrogen (secondary N) is 1. The number of amides is 2. The minimum atomic E-state index is -0.577. The van der Waals surface area contributed by atoms with Gasteiger partial charge in [0, 0.05) is 19.5 Å². The second kappa shape index (κ2) is 6.38. The van der Waals surface area contributed by atoms with E-state index in [1.807, 2.05) is 18.2 Å². The molecule has 2 rings (SSSR count). The highest BCUT2D eigenvalue weighted by Gasteiger charge is 2.34. The molecule has 0 spiro atoms. The number of piperidine rings is 1. The number of nitrogens with zero attached hydrogens (tertiary/aromatic N) is 1. The third-order valence-corrected chi connectivity index (χ3v) is 3.65. The van der Waals surface area contributed by atoms with Crippen LogP contribution in [0, 0.1) is 0 Å². The first kappa shape index (κ1) is 16.3. The fraction of sp³-hybridized carbons (Fsp3) is 0.529. The van der Waals surface area contributed by atoms with Gasteiger partial charge < -0.3 is 15.0 Å². The zero-order valence-corrected chi connectivity index (χ0v) is 13.6. The number of rotatable bonds is 2. The van der Waals surface area contributed by atoms with E-state index in [-0.39, 0.29) is 11.8 Å². The third kappa shape index (κ3) is 4.23. The topological polar surface area (TPSA) is 58.6 Å². The number of hydrogen-bond acceptors (Lipinski definition) is 3. The van der Waals surface area contributed by atoms with Gasteiger partial charge in [-0.15, -0.1) is 0 Å². The molecule has 1 aromatic carbocycles. The van der Waals surface area contributed by atoms with Crippen molar-refractivity contribution in [2.24, 2.45) is 0 Å². The lowest BCUT2D eigenvalue weighted by molar-refractivity contribution is -0.135. The fourth-order valence-electron chi connectivity index (χ4n) is 2.68. The molecule has 1 aromatic rings. The minimum Gasteiger partial charge on any atom is -0.444 e. The van der Waals surface area contributed by atoms with Gasteiger partial charge in [-0.3, -0.25) is 4.79 Å². The summed E-state index contributed by atoms with van der Waals surface area (Å²) in [5, 5.41) is 2.70. The highest BCUT2D eigenvalue weighted by molar-refractivity contribution is 5.86. The predicted molar refractivity (Wildman–Crippen MR) is 84.6 cm³/mol. The first-order chi connectivity index (χ1) is 10.3. The molecule has 0 saturated carbocycles. The maximum atomic E-state index is 12.3. The number of likely N-dealkylation sites (tertiary alicyclic amines) is 1. The summed E-state index contributed by atoms with van der Waals surface area (Å²) < 4.78 is 5.24. The average Bonchev–Trinajstić information content (AvgIpc) is 2.42. The lowest BCUT2D eigenvalue weighted by Crippen LogP contribution is -2.53. The summed E-state index contributed by atoms with van der Waals surface area (Å²) in [6, 6.07) is 9.51. The molecule has 0 radical (unpaired) electrons. The molecule has 5 nitrogen and oxygen atoms in total. The van der Waals surface area contributed by atoms with Crippen molar-refractivity contribution in [3.8, 4) is 0 Å². The van der Waals surface area contributed by atoms with Crippen molar-refractivity contribution in [1.82, 2.24) is 10.2 Å². The Kier molecular flexibility index (Phi) is 4.74. The Morgan fingerprint density at radius 2 is 1.91 bits per heavy atom. The maximum absolute atomic E-state index is 12.3. The van der Waals surface area contributed by atoms with Crippen LogP contribution in [0.5, 0.6) is 0 Å². The summed E-state index contributed by atoms with van der Waals surface area (Å²) in [4.78, 5) is 25.8. The van der Waals surface area contributed by atoms with Crippen LogP contribution in [0.15, 0.2) is 30.3 Å². The third-order valence-electron chi connectivity index (χ3n) is 3.65. The molecule has 2 amide bonds. The Bertz CT molecular complexity index is 537. The van der Waals surface area contributed by atoms with Crippen molar-refractivity contribution in [3.63, 3.8) is 0 Å². The van der Waals surface area contributed by atoms with Gasteiger partial charge in [0.1, 0.15) is 11.6 Å². The van der Waals surface area contributed by atoms with Gasteiger partial charge in [0.15, 0.2) is 0 Å². The second-order valence-electron chi connectivity index (χ2n) is 6.76. The lowest BCUT2D eigenvalue weighted by Gasteiger charge is -2.35. The first-order valence-corrected chi connectivity index (χ1v) is 7.55. The van der Waals surface area contributed by atoms with Crippen molar-refractivity contribution >= 4 is 12.0 Å². The van der Waals surface area contributed by atoms with Gasteiger partial charge in [-0.2, -0.15) is 0 Å². The van der Waals surface area contributed by atoms with E-state index in [0.717, 1.165) is 0 Å². The maximum Gasteiger partial charge on any atom is 0.408 e. The molecule has 1 fully saturated rings. The Labute approximate surface area is 131 Å². The van der Waals surface area contributed by atoms with Crippen LogP contribution in [0.1, 0.15) is 38.7 Å². The van der Waals surface area contributed by atoms with Gasteiger partial charge in [-0.05, 0) is 32.8 Å². The summed E-state index contributed by atoms with van der Waals surface area (Å²) in [7, 11) is 1.77. The van der Waals surface area contributed by atoms with Gasteiger partial charge >= 0.3 is 6.09 Å². The highest BCUT2D eigenvalue weighted by Crippen LogP contribution is 2.27. The largest absolute Gasteiger partial charge is 0.444 e. The molecular formula is C17H24N2O3. The zero-order valence-electron chi connectivity index (χ0n) is 13.6. The number of benzene rings is 1. The number of carbonyl (C=O) groups excluding carboxylic acids is 2. The van der Waals surface area contributed by atoms with Crippen molar-refractivity contribution in [1.29, 1.82) is 0 Å². The number of hydrogen-bond donors (Lipinski definition) is 1. The van der Waals surface area contributed by atoms with E-state index in [1.165, 1.54) is 5.56 Å². The average molecular weight is 304 g/mol. The lowest BCUT2D eigenvalue weighted by atomic mass is 9.88. The van der Waals surface area contributed by atoms with Gasteiger partial charge in [0.05, 0.1) is 0 Å². The van der Waals surface area contributed by atoms with Crippen molar-refractivity contribution in [2.75, 3.05) is 13.6 Å². The van der Waals surface area contributed by atoms with Gasteiger partial charge in [-0.25, -0.2) is 4.79 Å². The molecular weight excluding hydrogens is 280 g/mol. The Morgan fingerprint density at radius 3 is 2.50 bits per heavy atom. The summed E-state index contributed by atoms with van der Waals surface area (Å²) >= 11 is 0. The van der Waals surface area contributed by atoms with Gasteiger partial charge in [0.25, 0.3) is 0 Å². The number of alkyl carbamates (subject to hydrolysis) is 1.